The van der Waals surface area contributed by atoms with Crippen molar-refractivity contribution in [3.05, 3.63) is 63.9 Å². The number of ether oxygens (including phenoxy) is 1. The third kappa shape index (κ3) is 4.37. The van der Waals surface area contributed by atoms with Crippen molar-refractivity contribution < 1.29 is 9.53 Å². The Balaban J connectivity index is 1.87. The molecule has 0 radical (unpaired) electrons. The number of carbonyl (C=O) groups excluding carboxylic acids is 1. The quantitative estimate of drug-likeness (QED) is 0.657. The van der Waals surface area contributed by atoms with Crippen molar-refractivity contribution in [1.29, 1.82) is 5.26 Å². The van der Waals surface area contributed by atoms with Gasteiger partial charge >= 0.3 is 6.01 Å². The largest absolute Gasteiger partial charge is 0.424 e. The molecule has 0 aliphatic carbocycles. The van der Waals surface area contributed by atoms with E-state index in [1.165, 1.54) is 0 Å². The Bertz CT molecular complexity index is 1020. The molecule has 2 aromatic carbocycles. The SMILES string of the molecule is Cc1cc(C=O)cc(C)c1Oc1nc(Cl)nc(Nc2ccc(C#N)cc2)n1. The molecule has 3 aromatic rings. The van der Waals surface area contributed by atoms with Crippen LogP contribution in [0.3, 0.4) is 0 Å². The zero-order chi connectivity index (χ0) is 19.4. The van der Waals surface area contributed by atoms with E-state index in [2.05, 4.69) is 26.3 Å². The minimum Gasteiger partial charge on any atom is -0.424 e. The number of aldehydes is 1. The number of hydrogen-bond acceptors (Lipinski definition) is 7. The highest BCUT2D eigenvalue weighted by Crippen LogP contribution is 2.29. The number of anilines is 2. The van der Waals surface area contributed by atoms with Crippen LogP contribution in [0.1, 0.15) is 27.0 Å². The lowest BCUT2D eigenvalue weighted by Gasteiger charge is -2.12. The van der Waals surface area contributed by atoms with E-state index in [9.17, 15) is 4.79 Å². The Morgan fingerprint density at radius 3 is 2.37 bits per heavy atom. The molecular formula is C19H14ClN5O2. The van der Waals surface area contributed by atoms with Crippen molar-refractivity contribution in [2.75, 3.05) is 5.32 Å². The fourth-order valence-corrected chi connectivity index (χ4v) is 2.65. The summed E-state index contributed by atoms with van der Waals surface area (Å²) in [6.45, 7) is 3.65. The van der Waals surface area contributed by atoms with Gasteiger partial charge < -0.3 is 10.1 Å². The van der Waals surface area contributed by atoms with Gasteiger partial charge in [0.15, 0.2) is 0 Å². The Hall–Kier alpha value is -3.50. The summed E-state index contributed by atoms with van der Waals surface area (Å²) in [5.41, 5.74) is 3.34. The van der Waals surface area contributed by atoms with Crippen molar-refractivity contribution in [3.63, 3.8) is 0 Å². The maximum Gasteiger partial charge on any atom is 0.328 e. The number of nitrogens with one attached hydrogen (secondary N) is 1. The van der Waals surface area contributed by atoms with Crippen molar-refractivity contribution in [2.45, 2.75) is 13.8 Å². The molecule has 27 heavy (non-hydrogen) atoms. The maximum absolute atomic E-state index is 11.0. The van der Waals surface area contributed by atoms with E-state index >= 15 is 0 Å². The Morgan fingerprint density at radius 1 is 1.11 bits per heavy atom. The Morgan fingerprint density at radius 2 is 1.78 bits per heavy atom. The van der Waals surface area contributed by atoms with Gasteiger partial charge in [-0.05, 0) is 73.0 Å². The number of aryl methyl sites for hydroxylation is 2. The fourth-order valence-electron chi connectivity index (χ4n) is 2.49. The maximum atomic E-state index is 11.0. The molecule has 0 saturated carbocycles. The smallest absolute Gasteiger partial charge is 0.328 e. The van der Waals surface area contributed by atoms with Crippen molar-refractivity contribution in [3.8, 4) is 17.8 Å². The first-order valence-corrected chi connectivity index (χ1v) is 8.29. The van der Waals surface area contributed by atoms with Gasteiger partial charge in [0.1, 0.15) is 12.0 Å². The number of benzene rings is 2. The third-order valence-electron chi connectivity index (χ3n) is 3.67. The topological polar surface area (TPSA) is 101 Å². The van der Waals surface area contributed by atoms with Gasteiger partial charge in [-0.3, -0.25) is 4.79 Å². The minimum absolute atomic E-state index is 0.0243. The van der Waals surface area contributed by atoms with Crippen LogP contribution in [-0.2, 0) is 0 Å². The summed E-state index contributed by atoms with van der Waals surface area (Å²) in [4.78, 5) is 23.2. The number of carbonyl (C=O) groups is 1. The average Bonchev–Trinajstić information content (AvgIpc) is 2.64. The molecule has 0 aliphatic rings. The lowest BCUT2D eigenvalue weighted by atomic mass is 10.1. The monoisotopic (exact) mass is 379 g/mol. The van der Waals surface area contributed by atoms with Crippen LogP contribution < -0.4 is 10.1 Å². The highest BCUT2D eigenvalue weighted by atomic mass is 35.5. The zero-order valence-electron chi connectivity index (χ0n) is 14.5. The van der Waals surface area contributed by atoms with E-state index in [0.29, 0.717) is 22.6 Å². The van der Waals surface area contributed by atoms with Gasteiger partial charge in [0, 0.05) is 11.3 Å². The normalized spacial score (nSPS) is 10.1. The van der Waals surface area contributed by atoms with Crippen LogP contribution in [0.25, 0.3) is 0 Å². The van der Waals surface area contributed by atoms with Crippen LogP contribution >= 0.6 is 11.6 Å². The Labute approximate surface area is 160 Å². The van der Waals surface area contributed by atoms with Crippen LogP contribution in [0.2, 0.25) is 5.28 Å². The van der Waals surface area contributed by atoms with Gasteiger partial charge in [0.05, 0.1) is 11.6 Å². The second-order valence-corrected chi connectivity index (χ2v) is 6.07. The second kappa shape index (κ2) is 7.81. The highest BCUT2D eigenvalue weighted by Gasteiger charge is 2.12. The van der Waals surface area contributed by atoms with E-state index < -0.39 is 0 Å². The molecule has 0 spiro atoms. The summed E-state index contributed by atoms with van der Waals surface area (Å²) in [5, 5.41) is 11.8. The third-order valence-corrected chi connectivity index (χ3v) is 3.84. The fraction of sp³-hybridized carbons (Fsp3) is 0.105. The number of hydrogen-bond donors (Lipinski definition) is 1. The van der Waals surface area contributed by atoms with E-state index in [0.717, 1.165) is 17.4 Å². The first-order chi connectivity index (χ1) is 13.0. The molecule has 0 unspecified atom stereocenters. The number of aromatic nitrogens is 3. The second-order valence-electron chi connectivity index (χ2n) is 5.73. The van der Waals surface area contributed by atoms with Crippen LogP contribution in [0.4, 0.5) is 11.6 Å². The van der Waals surface area contributed by atoms with Crippen LogP contribution in [0.5, 0.6) is 11.8 Å². The Kier molecular flexibility index (Phi) is 5.29. The van der Waals surface area contributed by atoms with Gasteiger partial charge in [0.25, 0.3) is 0 Å². The number of halogens is 1. The molecule has 0 bridgehead atoms. The van der Waals surface area contributed by atoms with Gasteiger partial charge in [-0.25, -0.2) is 0 Å². The molecule has 0 atom stereocenters. The van der Waals surface area contributed by atoms with E-state index in [-0.39, 0.29) is 17.2 Å². The predicted octanol–water partition coefficient (Wildman–Crippen LogP) is 4.36. The highest BCUT2D eigenvalue weighted by molar-refractivity contribution is 6.28. The van der Waals surface area contributed by atoms with E-state index in [1.807, 2.05) is 13.8 Å². The molecule has 8 heteroatoms. The molecule has 0 fully saturated rings. The van der Waals surface area contributed by atoms with Crippen molar-refractivity contribution >= 4 is 29.5 Å². The molecular weight excluding hydrogens is 366 g/mol. The summed E-state index contributed by atoms with van der Waals surface area (Å²) >= 11 is 5.99. The summed E-state index contributed by atoms with van der Waals surface area (Å²) < 4.78 is 5.79. The molecule has 0 aliphatic heterocycles. The van der Waals surface area contributed by atoms with Gasteiger partial charge in [0.2, 0.25) is 11.2 Å². The summed E-state index contributed by atoms with van der Waals surface area (Å²) in [6.07, 6.45) is 0.781. The predicted molar refractivity (Wildman–Crippen MR) is 101 cm³/mol. The standard InChI is InChI=1S/C19H14ClN5O2/c1-11-7-14(10-26)8-12(2)16(11)27-19-24-17(20)23-18(25-19)22-15-5-3-13(9-21)4-6-15/h3-8,10H,1-2H3,(H,22,23,24,25). The van der Waals surface area contributed by atoms with Gasteiger partial charge in [-0.2, -0.15) is 20.2 Å². The summed E-state index contributed by atoms with van der Waals surface area (Å²) in [5.74, 6) is 0.752. The zero-order valence-corrected chi connectivity index (χ0v) is 15.3. The average molecular weight is 380 g/mol. The molecule has 1 N–H and O–H groups in total. The molecule has 7 nitrogen and oxygen atoms in total. The number of nitriles is 1. The van der Waals surface area contributed by atoms with E-state index in [1.54, 1.807) is 36.4 Å². The molecule has 1 aromatic heterocycles. The van der Waals surface area contributed by atoms with Crippen LogP contribution in [-0.4, -0.2) is 21.2 Å². The van der Waals surface area contributed by atoms with Crippen molar-refractivity contribution in [1.82, 2.24) is 15.0 Å². The van der Waals surface area contributed by atoms with Gasteiger partial charge in [-0.15, -0.1) is 0 Å². The molecule has 3 rings (SSSR count). The first kappa shape index (κ1) is 18.3. The summed E-state index contributed by atoms with van der Waals surface area (Å²) in [6, 6.07) is 12.3. The minimum atomic E-state index is -0.0315. The first-order valence-electron chi connectivity index (χ1n) is 7.91. The molecule has 1 heterocycles. The van der Waals surface area contributed by atoms with Gasteiger partial charge in [-0.1, -0.05) is 0 Å². The van der Waals surface area contributed by atoms with Crippen molar-refractivity contribution in [2.24, 2.45) is 0 Å². The van der Waals surface area contributed by atoms with Crippen LogP contribution in [0.15, 0.2) is 36.4 Å². The molecule has 134 valence electrons. The number of rotatable bonds is 5. The molecule has 0 amide bonds. The molecule has 0 saturated heterocycles. The van der Waals surface area contributed by atoms with Crippen LogP contribution in [0, 0.1) is 25.2 Å². The van der Waals surface area contributed by atoms with E-state index in [4.69, 9.17) is 21.6 Å². The lowest BCUT2D eigenvalue weighted by Crippen LogP contribution is -2.03. The summed E-state index contributed by atoms with van der Waals surface area (Å²) in [7, 11) is 0. The lowest BCUT2D eigenvalue weighted by molar-refractivity contribution is 0.112. The number of nitrogens with zero attached hydrogens (tertiary/aromatic N) is 4.